The van der Waals surface area contributed by atoms with E-state index in [-0.39, 0.29) is 24.1 Å². The summed E-state index contributed by atoms with van der Waals surface area (Å²) in [5, 5.41) is 18.7. The Morgan fingerprint density at radius 2 is 2.21 bits per heavy atom. The third kappa shape index (κ3) is 1.99. The summed E-state index contributed by atoms with van der Waals surface area (Å²) in [7, 11) is 0. The normalized spacial score (nSPS) is 27.3. The molecule has 1 aliphatic heterocycles. The molecule has 1 aromatic heterocycles. The number of aliphatic hydroxyl groups is 2. The van der Waals surface area contributed by atoms with Crippen LogP contribution in [0.4, 0.5) is 8.78 Å². The monoisotopic (exact) mass is 270 g/mol. The molecule has 7 heteroatoms. The maximum atomic E-state index is 13.5. The molecule has 19 heavy (non-hydrogen) atoms. The van der Waals surface area contributed by atoms with Crippen molar-refractivity contribution in [2.75, 3.05) is 6.61 Å². The van der Waals surface area contributed by atoms with Crippen molar-refractivity contribution < 1.29 is 23.7 Å². The largest absolute Gasteiger partial charge is 0.394 e. The van der Waals surface area contributed by atoms with E-state index in [2.05, 4.69) is 4.98 Å². The van der Waals surface area contributed by atoms with Gasteiger partial charge in [-0.1, -0.05) is 0 Å². The van der Waals surface area contributed by atoms with Gasteiger partial charge in [0.25, 0.3) is 0 Å². The van der Waals surface area contributed by atoms with Gasteiger partial charge < -0.3 is 19.5 Å². The summed E-state index contributed by atoms with van der Waals surface area (Å²) in [4.78, 5) is 3.88. The Balaban J connectivity index is 2.02. The first-order valence-electron chi connectivity index (χ1n) is 5.86. The highest BCUT2D eigenvalue weighted by Gasteiger charge is 2.35. The second kappa shape index (κ2) is 4.52. The predicted octanol–water partition coefficient (Wildman–Crippen LogP) is 0.955. The Morgan fingerprint density at radius 1 is 1.42 bits per heavy atom. The van der Waals surface area contributed by atoms with Crippen LogP contribution in [0.2, 0.25) is 0 Å². The van der Waals surface area contributed by atoms with Crippen molar-refractivity contribution in [1.29, 1.82) is 0 Å². The molecular formula is C12H12F2N2O3. The molecule has 0 saturated carbocycles. The van der Waals surface area contributed by atoms with Crippen LogP contribution < -0.4 is 0 Å². The van der Waals surface area contributed by atoms with Crippen molar-refractivity contribution in [1.82, 2.24) is 9.55 Å². The number of hydrogen-bond donors (Lipinski definition) is 2. The number of hydrogen-bond acceptors (Lipinski definition) is 4. The Hall–Kier alpha value is -1.57. The number of aromatic nitrogens is 2. The molecule has 0 amide bonds. The van der Waals surface area contributed by atoms with Crippen LogP contribution >= 0.6 is 0 Å². The fourth-order valence-corrected chi connectivity index (χ4v) is 2.34. The van der Waals surface area contributed by atoms with Crippen molar-refractivity contribution >= 4 is 11.0 Å². The number of rotatable bonds is 2. The molecule has 1 fully saturated rings. The molecule has 0 spiro atoms. The lowest BCUT2D eigenvalue weighted by molar-refractivity contribution is -0.0430. The molecule has 2 N–H and O–H groups in total. The van der Waals surface area contributed by atoms with Crippen molar-refractivity contribution in [2.45, 2.75) is 24.9 Å². The lowest BCUT2D eigenvalue weighted by Gasteiger charge is -2.14. The summed E-state index contributed by atoms with van der Waals surface area (Å²) in [6.45, 7) is -0.312. The van der Waals surface area contributed by atoms with Crippen molar-refractivity contribution in [3.63, 3.8) is 0 Å². The predicted molar refractivity (Wildman–Crippen MR) is 61.3 cm³/mol. The average molecular weight is 270 g/mol. The molecule has 1 aliphatic rings. The van der Waals surface area contributed by atoms with E-state index in [0.717, 1.165) is 12.1 Å². The van der Waals surface area contributed by atoms with Crippen LogP contribution in [0, 0.1) is 11.6 Å². The minimum atomic E-state index is -0.814. The zero-order chi connectivity index (χ0) is 13.6. The average Bonchev–Trinajstić information content (AvgIpc) is 2.92. The van der Waals surface area contributed by atoms with E-state index in [4.69, 9.17) is 9.84 Å². The summed E-state index contributed by atoms with van der Waals surface area (Å²) in [5.41, 5.74) is 0.306. The Labute approximate surface area is 107 Å². The standard InChI is InChI=1S/C12H12F2N2O3/c13-6-1-7(14)12-8(2-6)16(5-15-12)11-3-9(18)10(4-17)19-11/h1-2,5,9-11,17-18H,3-4H2/t9-,10+,11+/m0/s1. The highest BCUT2D eigenvalue weighted by Crippen LogP contribution is 2.31. The maximum absolute atomic E-state index is 13.5. The van der Waals surface area contributed by atoms with Gasteiger partial charge in [0.05, 0.1) is 24.6 Å². The zero-order valence-corrected chi connectivity index (χ0v) is 9.83. The van der Waals surface area contributed by atoms with Gasteiger partial charge in [-0.25, -0.2) is 13.8 Å². The topological polar surface area (TPSA) is 67.5 Å². The molecule has 2 heterocycles. The third-order valence-corrected chi connectivity index (χ3v) is 3.29. The molecule has 1 saturated heterocycles. The van der Waals surface area contributed by atoms with E-state index >= 15 is 0 Å². The van der Waals surface area contributed by atoms with E-state index in [1.165, 1.54) is 10.9 Å². The highest BCUT2D eigenvalue weighted by atomic mass is 19.1. The van der Waals surface area contributed by atoms with Crippen LogP contribution in [-0.2, 0) is 4.74 Å². The minimum absolute atomic E-state index is 0.0481. The lowest BCUT2D eigenvalue weighted by Crippen LogP contribution is -2.24. The van der Waals surface area contributed by atoms with E-state index in [9.17, 15) is 13.9 Å². The van der Waals surface area contributed by atoms with Crippen LogP contribution in [0.25, 0.3) is 11.0 Å². The molecule has 0 aliphatic carbocycles. The number of benzene rings is 1. The first kappa shape index (κ1) is 12.5. The molecule has 2 aromatic rings. The zero-order valence-electron chi connectivity index (χ0n) is 9.83. The van der Waals surface area contributed by atoms with Crippen molar-refractivity contribution in [3.8, 4) is 0 Å². The first-order valence-corrected chi connectivity index (χ1v) is 5.86. The Bertz CT molecular complexity index is 616. The van der Waals surface area contributed by atoms with Gasteiger partial charge in [0.15, 0.2) is 5.82 Å². The molecule has 0 radical (unpaired) electrons. The molecule has 3 atom stereocenters. The number of halogens is 2. The number of ether oxygens (including phenoxy) is 1. The van der Waals surface area contributed by atoms with Crippen molar-refractivity contribution in [3.05, 3.63) is 30.1 Å². The molecular weight excluding hydrogens is 258 g/mol. The Morgan fingerprint density at radius 3 is 2.89 bits per heavy atom. The molecule has 5 nitrogen and oxygen atoms in total. The quantitative estimate of drug-likeness (QED) is 0.852. The van der Waals surface area contributed by atoms with Gasteiger partial charge in [-0.15, -0.1) is 0 Å². The molecule has 102 valence electrons. The van der Waals surface area contributed by atoms with Crippen LogP contribution in [0.3, 0.4) is 0 Å². The fourth-order valence-electron chi connectivity index (χ4n) is 2.34. The number of nitrogens with zero attached hydrogens (tertiary/aromatic N) is 2. The summed E-state index contributed by atoms with van der Waals surface area (Å²) in [6, 6.07) is 1.92. The number of aliphatic hydroxyl groups excluding tert-OH is 2. The van der Waals surface area contributed by atoms with Crippen molar-refractivity contribution in [2.24, 2.45) is 0 Å². The van der Waals surface area contributed by atoms with Gasteiger partial charge in [0.1, 0.15) is 23.7 Å². The van der Waals surface area contributed by atoms with Gasteiger partial charge in [-0.2, -0.15) is 0 Å². The van der Waals surface area contributed by atoms with Gasteiger partial charge in [0.2, 0.25) is 0 Å². The third-order valence-electron chi connectivity index (χ3n) is 3.29. The molecule has 0 unspecified atom stereocenters. The van der Waals surface area contributed by atoms with Gasteiger partial charge in [-0.05, 0) is 0 Å². The fraction of sp³-hybridized carbons (Fsp3) is 0.417. The smallest absolute Gasteiger partial charge is 0.153 e. The minimum Gasteiger partial charge on any atom is -0.394 e. The van der Waals surface area contributed by atoms with E-state index in [0.29, 0.717) is 0 Å². The van der Waals surface area contributed by atoms with Gasteiger partial charge in [-0.3, -0.25) is 0 Å². The number of fused-ring (bicyclic) bond motifs is 1. The summed E-state index contributed by atoms with van der Waals surface area (Å²) in [5.74, 6) is -1.45. The maximum Gasteiger partial charge on any atom is 0.153 e. The summed E-state index contributed by atoms with van der Waals surface area (Å²) >= 11 is 0. The summed E-state index contributed by atoms with van der Waals surface area (Å²) < 4.78 is 33.7. The van der Waals surface area contributed by atoms with Gasteiger partial charge in [0, 0.05) is 18.6 Å². The Kier molecular flexibility index (Phi) is 2.96. The highest BCUT2D eigenvalue weighted by molar-refractivity contribution is 5.76. The van der Waals surface area contributed by atoms with Crippen LogP contribution in [0.15, 0.2) is 18.5 Å². The molecule has 3 rings (SSSR count). The van der Waals surface area contributed by atoms with Crippen LogP contribution in [0.1, 0.15) is 12.6 Å². The van der Waals surface area contributed by atoms with E-state index in [1.54, 1.807) is 0 Å². The second-order valence-electron chi connectivity index (χ2n) is 4.52. The first-order chi connectivity index (χ1) is 9.10. The molecule has 1 aromatic carbocycles. The van der Waals surface area contributed by atoms with Crippen LogP contribution in [0.5, 0.6) is 0 Å². The van der Waals surface area contributed by atoms with E-state index < -0.39 is 30.1 Å². The lowest BCUT2D eigenvalue weighted by atomic mass is 10.2. The summed E-state index contributed by atoms with van der Waals surface area (Å²) in [6.07, 6.45) is -0.538. The SMILES string of the molecule is OC[C@H]1O[C@@H](n2cnc3c(F)cc(F)cc32)C[C@@H]1O. The van der Waals surface area contributed by atoms with Gasteiger partial charge >= 0.3 is 0 Å². The van der Waals surface area contributed by atoms with Crippen LogP contribution in [-0.4, -0.2) is 38.6 Å². The molecule has 0 bridgehead atoms. The number of imidazole rings is 1. The van der Waals surface area contributed by atoms with E-state index in [1.807, 2.05) is 0 Å². The second-order valence-corrected chi connectivity index (χ2v) is 4.52.